The van der Waals surface area contributed by atoms with Crippen LogP contribution >= 0.6 is 11.3 Å². The van der Waals surface area contributed by atoms with Crippen molar-refractivity contribution >= 4 is 17.2 Å². The highest BCUT2D eigenvalue weighted by molar-refractivity contribution is 7.09. The van der Waals surface area contributed by atoms with Gasteiger partial charge in [-0.25, -0.2) is 4.98 Å². The van der Waals surface area contributed by atoms with E-state index in [1.807, 2.05) is 23.3 Å². The van der Waals surface area contributed by atoms with E-state index in [0.717, 1.165) is 55.1 Å². The molecule has 22 heavy (non-hydrogen) atoms. The molecule has 0 N–H and O–H groups in total. The summed E-state index contributed by atoms with van der Waals surface area (Å²) in [5.74, 6) is 0.802. The Hall–Kier alpha value is -1.69. The molecule has 3 heterocycles. The van der Waals surface area contributed by atoms with Crippen LogP contribution in [0.2, 0.25) is 0 Å². The Labute approximate surface area is 134 Å². The van der Waals surface area contributed by atoms with Gasteiger partial charge in [-0.1, -0.05) is 12.1 Å². The van der Waals surface area contributed by atoms with E-state index >= 15 is 0 Å². The summed E-state index contributed by atoms with van der Waals surface area (Å²) in [5, 5.41) is 7.03. The smallest absolute Gasteiger partial charge is 0.273 e. The quantitative estimate of drug-likeness (QED) is 0.861. The zero-order chi connectivity index (χ0) is 15.5. The van der Waals surface area contributed by atoms with Gasteiger partial charge in [0.05, 0.1) is 11.0 Å². The molecule has 2 aromatic rings. The van der Waals surface area contributed by atoms with Crippen molar-refractivity contribution < 1.29 is 9.32 Å². The van der Waals surface area contributed by atoms with Crippen molar-refractivity contribution in [3.8, 4) is 0 Å². The molecule has 2 aromatic heterocycles. The van der Waals surface area contributed by atoms with Gasteiger partial charge >= 0.3 is 0 Å². The van der Waals surface area contributed by atoms with E-state index in [2.05, 4.69) is 17.1 Å². The lowest BCUT2D eigenvalue weighted by Crippen LogP contribution is -2.38. The molecule has 0 saturated carbocycles. The van der Waals surface area contributed by atoms with E-state index in [0.29, 0.717) is 5.69 Å². The summed E-state index contributed by atoms with van der Waals surface area (Å²) in [4.78, 5) is 19.2. The second kappa shape index (κ2) is 6.60. The van der Waals surface area contributed by atoms with Crippen LogP contribution in [0.15, 0.2) is 16.0 Å². The average Bonchev–Trinajstić information content (AvgIpc) is 3.16. The molecular weight excluding hydrogens is 298 g/mol. The maximum Gasteiger partial charge on any atom is 0.273 e. The monoisotopic (exact) mass is 319 g/mol. The van der Waals surface area contributed by atoms with Crippen LogP contribution in [-0.4, -0.2) is 27.5 Å². The van der Waals surface area contributed by atoms with Gasteiger partial charge in [0.1, 0.15) is 17.1 Å². The number of carbonyl (C=O) groups excluding carboxylic acids is 1. The van der Waals surface area contributed by atoms with E-state index in [1.165, 1.54) is 0 Å². The van der Waals surface area contributed by atoms with E-state index < -0.39 is 0 Å². The number of likely N-dealkylation sites (tertiary alicyclic amines) is 1. The minimum absolute atomic E-state index is 0.00928. The summed E-state index contributed by atoms with van der Waals surface area (Å²) in [5.41, 5.74) is 1.43. The second-order valence-corrected chi connectivity index (χ2v) is 6.69. The van der Waals surface area contributed by atoms with Crippen molar-refractivity contribution in [1.29, 1.82) is 0 Å². The molecule has 1 atom stereocenters. The summed E-state index contributed by atoms with van der Waals surface area (Å²) in [6.45, 7) is 4.76. The van der Waals surface area contributed by atoms with E-state index in [1.54, 1.807) is 11.3 Å². The highest BCUT2D eigenvalue weighted by atomic mass is 32.1. The van der Waals surface area contributed by atoms with Gasteiger partial charge in [-0.2, -0.15) is 0 Å². The molecule has 1 aliphatic rings. The molecule has 1 aliphatic heterocycles. The molecule has 1 unspecified atom stereocenters. The summed E-state index contributed by atoms with van der Waals surface area (Å²) in [6, 6.07) is 1.94. The van der Waals surface area contributed by atoms with Gasteiger partial charge in [0.25, 0.3) is 5.91 Å². The molecule has 3 rings (SSSR count). The SMILES string of the molecule is CCCc1nc(C(=O)N2CCCCC2c2cc(C)on2)cs1. The Balaban J connectivity index is 1.81. The molecule has 0 aromatic carbocycles. The van der Waals surface area contributed by atoms with Gasteiger partial charge < -0.3 is 9.42 Å². The Bertz CT molecular complexity index is 649. The fourth-order valence-corrected chi connectivity index (χ4v) is 3.78. The maximum absolute atomic E-state index is 12.8. The van der Waals surface area contributed by atoms with Crippen molar-refractivity contribution in [2.45, 2.75) is 52.0 Å². The number of hydrogen-bond donors (Lipinski definition) is 0. The second-order valence-electron chi connectivity index (χ2n) is 5.75. The van der Waals surface area contributed by atoms with E-state index in [9.17, 15) is 4.79 Å². The van der Waals surface area contributed by atoms with Gasteiger partial charge in [0.2, 0.25) is 0 Å². The number of amides is 1. The molecule has 0 aliphatic carbocycles. The third-order valence-electron chi connectivity index (χ3n) is 3.99. The lowest BCUT2D eigenvalue weighted by molar-refractivity contribution is 0.0596. The Kier molecular flexibility index (Phi) is 4.57. The summed E-state index contributed by atoms with van der Waals surface area (Å²) in [7, 11) is 0. The first kappa shape index (κ1) is 15.2. The van der Waals surface area contributed by atoms with Crippen LogP contribution in [0.3, 0.4) is 0 Å². The van der Waals surface area contributed by atoms with Crippen molar-refractivity contribution in [3.63, 3.8) is 0 Å². The van der Waals surface area contributed by atoms with Gasteiger partial charge in [-0.3, -0.25) is 4.79 Å². The standard InChI is InChI=1S/C16H21N3O2S/c1-3-6-15-17-13(10-22-15)16(20)19-8-5-4-7-14(19)12-9-11(2)21-18-12/h9-10,14H,3-8H2,1-2H3. The third kappa shape index (κ3) is 3.06. The normalized spacial score (nSPS) is 18.6. The molecular formula is C16H21N3O2S. The fraction of sp³-hybridized carbons (Fsp3) is 0.562. The van der Waals surface area contributed by atoms with Gasteiger partial charge in [0.15, 0.2) is 0 Å². The number of thiazole rings is 1. The zero-order valence-electron chi connectivity index (χ0n) is 13.0. The lowest BCUT2D eigenvalue weighted by Gasteiger charge is -2.34. The molecule has 118 valence electrons. The highest BCUT2D eigenvalue weighted by Crippen LogP contribution is 2.32. The number of carbonyl (C=O) groups is 1. The molecule has 1 saturated heterocycles. The third-order valence-corrected chi connectivity index (χ3v) is 4.89. The van der Waals surface area contributed by atoms with Gasteiger partial charge in [-0.05, 0) is 39.0 Å². The van der Waals surface area contributed by atoms with Gasteiger partial charge in [0, 0.05) is 18.0 Å². The first-order valence-corrected chi connectivity index (χ1v) is 8.75. The number of aromatic nitrogens is 2. The van der Waals surface area contributed by atoms with Crippen LogP contribution in [0.25, 0.3) is 0 Å². The summed E-state index contributed by atoms with van der Waals surface area (Å²) < 4.78 is 5.19. The summed E-state index contributed by atoms with van der Waals surface area (Å²) in [6.07, 6.45) is 5.06. The average molecular weight is 319 g/mol. The predicted octanol–water partition coefficient (Wildman–Crippen LogP) is 3.76. The number of nitrogens with zero attached hydrogens (tertiary/aromatic N) is 3. The van der Waals surface area contributed by atoms with Gasteiger partial charge in [-0.15, -0.1) is 11.3 Å². The van der Waals surface area contributed by atoms with Crippen LogP contribution in [0.1, 0.15) is 65.6 Å². The number of hydrogen-bond acceptors (Lipinski definition) is 5. The zero-order valence-corrected chi connectivity index (χ0v) is 13.9. The molecule has 5 nitrogen and oxygen atoms in total. The first-order valence-electron chi connectivity index (χ1n) is 7.87. The molecule has 0 spiro atoms. The van der Waals surface area contributed by atoms with Crippen molar-refractivity contribution in [2.75, 3.05) is 6.54 Å². The maximum atomic E-state index is 12.8. The topological polar surface area (TPSA) is 59.2 Å². The van der Waals surface area contributed by atoms with Crippen molar-refractivity contribution in [3.05, 3.63) is 33.6 Å². The summed E-state index contributed by atoms with van der Waals surface area (Å²) >= 11 is 1.57. The van der Waals surface area contributed by atoms with Crippen LogP contribution in [0, 0.1) is 6.92 Å². The Morgan fingerprint density at radius 3 is 3.09 bits per heavy atom. The van der Waals surface area contributed by atoms with Crippen LogP contribution in [0.4, 0.5) is 0 Å². The minimum atomic E-state index is 0.00928. The first-order chi connectivity index (χ1) is 10.7. The fourth-order valence-electron chi connectivity index (χ4n) is 2.91. The van der Waals surface area contributed by atoms with Crippen LogP contribution in [0.5, 0.6) is 0 Å². The Morgan fingerprint density at radius 1 is 1.50 bits per heavy atom. The molecule has 0 bridgehead atoms. The number of aryl methyl sites for hydroxylation is 2. The van der Waals surface area contributed by atoms with Crippen molar-refractivity contribution in [1.82, 2.24) is 15.0 Å². The van der Waals surface area contributed by atoms with Crippen molar-refractivity contribution in [2.24, 2.45) is 0 Å². The molecule has 1 fully saturated rings. The van der Waals surface area contributed by atoms with E-state index in [-0.39, 0.29) is 11.9 Å². The van der Waals surface area contributed by atoms with E-state index in [4.69, 9.17) is 4.52 Å². The largest absolute Gasteiger partial charge is 0.361 e. The lowest BCUT2D eigenvalue weighted by atomic mass is 9.99. The number of piperidine rings is 1. The predicted molar refractivity (Wildman–Crippen MR) is 85.0 cm³/mol. The molecule has 6 heteroatoms. The van der Waals surface area contributed by atoms with Crippen LogP contribution in [-0.2, 0) is 6.42 Å². The molecule has 1 amide bonds. The van der Waals surface area contributed by atoms with Crippen LogP contribution < -0.4 is 0 Å². The highest BCUT2D eigenvalue weighted by Gasteiger charge is 2.31. The minimum Gasteiger partial charge on any atom is -0.361 e. The molecule has 0 radical (unpaired) electrons. The Morgan fingerprint density at radius 2 is 2.36 bits per heavy atom. The number of rotatable bonds is 4.